The molecule has 2 nitrogen and oxygen atoms in total. The van der Waals surface area contributed by atoms with E-state index in [-0.39, 0.29) is 10.8 Å². The fourth-order valence-electron chi connectivity index (χ4n) is 4.37. The maximum absolute atomic E-state index is 11.2. The van der Waals surface area contributed by atoms with E-state index in [2.05, 4.69) is 13.8 Å². The zero-order valence-electron chi connectivity index (χ0n) is 11.6. The maximum atomic E-state index is 11.2. The summed E-state index contributed by atoms with van der Waals surface area (Å²) in [6, 6.07) is 0. The summed E-state index contributed by atoms with van der Waals surface area (Å²) in [4.78, 5) is 0. The van der Waals surface area contributed by atoms with Gasteiger partial charge in [-0.1, -0.05) is 39.5 Å². The van der Waals surface area contributed by atoms with Gasteiger partial charge in [0.2, 0.25) is 0 Å². The van der Waals surface area contributed by atoms with Gasteiger partial charge in [0, 0.05) is 12.0 Å². The second-order valence-corrected chi connectivity index (χ2v) is 7.27. The van der Waals surface area contributed by atoms with Crippen molar-refractivity contribution in [1.29, 1.82) is 0 Å². The Morgan fingerprint density at radius 1 is 0.941 bits per heavy atom. The van der Waals surface area contributed by atoms with Crippen LogP contribution in [0.4, 0.5) is 0 Å². The third-order valence-corrected chi connectivity index (χ3v) is 5.40. The third-order valence-electron chi connectivity index (χ3n) is 5.40. The molecular formula is C15H29NO. The van der Waals surface area contributed by atoms with Crippen LogP contribution in [0.1, 0.15) is 71.6 Å². The Labute approximate surface area is 106 Å². The van der Waals surface area contributed by atoms with Gasteiger partial charge in [-0.3, -0.25) is 0 Å². The van der Waals surface area contributed by atoms with Gasteiger partial charge in [-0.2, -0.15) is 0 Å². The molecule has 2 saturated carbocycles. The van der Waals surface area contributed by atoms with E-state index < -0.39 is 5.60 Å². The van der Waals surface area contributed by atoms with E-state index >= 15 is 0 Å². The number of nitrogens with two attached hydrogens (primary N) is 1. The lowest BCUT2D eigenvalue weighted by Gasteiger charge is -2.54. The first kappa shape index (κ1) is 13.4. The topological polar surface area (TPSA) is 46.2 Å². The maximum Gasteiger partial charge on any atom is 0.0720 e. The van der Waals surface area contributed by atoms with Crippen LogP contribution in [0.2, 0.25) is 0 Å². The van der Waals surface area contributed by atoms with Crippen LogP contribution < -0.4 is 5.73 Å². The van der Waals surface area contributed by atoms with Crippen molar-refractivity contribution < 1.29 is 5.11 Å². The number of rotatable bonds is 2. The summed E-state index contributed by atoms with van der Waals surface area (Å²) in [6.45, 7) is 5.26. The first-order chi connectivity index (χ1) is 7.93. The SMILES string of the molecule is CC1(C)CCCC(O)(C2(CN)CCCCC2)C1. The molecule has 2 aliphatic rings. The fourth-order valence-corrected chi connectivity index (χ4v) is 4.37. The Hall–Kier alpha value is -0.0800. The number of aliphatic hydroxyl groups is 1. The molecule has 3 N–H and O–H groups in total. The van der Waals surface area contributed by atoms with Crippen LogP contribution in [0.3, 0.4) is 0 Å². The van der Waals surface area contributed by atoms with Gasteiger partial charge in [0.1, 0.15) is 0 Å². The highest BCUT2D eigenvalue weighted by Crippen LogP contribution is 2.54. The zero-order valence-corrected chi connectivity index (χ0v) is 11.6. The van der Waals surface area contributed by atoms with E-state index in [9.17, 15) is 5.11 Å². The summed E-state index contributed by atoms with van der Waals surface area (Å²) >= 11 is 0. The summed E-state index contributed by atoms with van der Waals surface area (Å²) in [5.41, 5.74) is 5.89. The number of hydrogen-bond acceptors (Lipinski definition) is 2. The predicted molar refractivity (Wildman–Crippen MR) is 71.8 cm³/mol. The van der Waals surface area contributed by atoms with Crippen molar-refractivity contribution in [3.63, 3.8) is 0 Å². The van der Waals surface area contributed by atoms with Crippen molar-refractivity contribution in [2.45, 2.75) is 77.2 Å². The van der Waals surface area contributed by atoms with Gasteiger partial charge in [0.25, 0.3) is 0 Å². The minimum atomic E-state index is -0.496. The van der Waals surface area contributed by atoms with Crippen molar-refractivity contribution in [1.82, 2.24) is 0 Å². The van der Waals surface area contributed by atoms with Crippen LogP contribution in [0.25, 0.3) is 0 Å². The molecule has 0 heterocycles. The number of hydrogen-bond donors (Lipinski definition) is 2. The quantitative estimate of drug-likeness (QED) is 0.777. The Morgan fingerprint density at radius 3 is 2.12 bits per heavy atom. The van der Waals surface area contributed by atoms with Crippen molar-refractivity contribution in [2.75, 3.05) is 6.54 Å². The summed E-state index contributed by atoms with van der Waals surface area (Å²) in [7, 11) is 0. The molecule has 0 aromatic carbocycles. The highest BCUT2D eigenvalue weighted by molar-refractivity contribution is 5.05. The minimum absolute atomic E-state index is 0.0168. The van der Waals surface area contributed by atoms with Crippen molar-refractivity contribution >= 4 is 0 Å². The van der Waals surface area contributed by atoms with Gasteiger partial charge in [-0.25, -0.2) is 0 Å². The Morgan fingerprint density at radius 2 is 1.59 bits per heavy atom. The average molecular weight is 239 g/mol. The van der Waals surface area contributed by atoms with E-state index in [0.29, 0.717) is 6.54 Å². The molecule has 1 atom stereocenters. The molecule has 2 heteroatoms. The molecule has 100 valence electrons. The van der Waals surface area contributed by atoms with Crippen molar-refractivity contribution in [3.8, 4) is 0 Å². The largest absolute Gasteiger partial charge is 0.389 e. The lowest BCUT2D eigenvalue weighted by atomic mass is 9.55. The van der Waals surface area contributed by atoms with Crippen LogP contribution in [0, 0.1) is 10.8 Å². The Balaban J connectivity index is 2.22. The highest BCUT2D eigenvalue weighted by atomic mass is 16.3. The molecule has 0 amide bonds. The van der Waals surface area contributed by atoms with E-state index in [4.69, 9.17) is 5.73 Å². The van der Waals surface area contributed by atoms with Crippen molar-refractivity contribution in [3.05, 3.63) is 0 Å². The van der Waals surface area contributed by atoms with E-state index in [1.165, 1.54) is 25.7 Å². The standard InChI is InChI=1S/C15H29NO/c1-13(2)7-6-10-15(17,11-13)14(12-16)8-4-3-5-9-14/h17H,3-12,16H2,1-2H3. The summed E-state index contributed by atoms with van der Waals surface area (Å²) in [6.07, 6.45) is 10.4. The summed E-state index contributed by atoms with van der Waals surface area (Å²) < 4.78 is 0. The van der Waals surface area contributed by atoms with Gasteiger partial charge >= 0.3 is 0 Å². The Kier molecular flexibility index (Phi) is 3.57. The van der Waals surface area contributed by atoms with E-state index in [1.54, 1.807) is 0 Å². The van der Waals surface area contributed by atoms with Crippen LogP contribution in [0.15, 0.2) is 0 Å². The van der Waals surface area contributed by atoms with E-state index in [1.807, 2.05) is 0 Å². The molecule has 17 heavy (non-hydrogen) atoms. The van der Waals surface area contributed by atoms with Crippen LogP contribution in [0.5, 0.6) is 0 Å². The van der Waals surface area contributed by atoms with Crippen LogP contribution >= 0.6 is 0 Å². The first-order valence-corrected chi connectivity index (χ1v) is 7.36. The average Bonchev–Trinajstić information content (AvgIpc) is 2.28. The molecule has 0 saturated heterocycles. The second kappa shape index (κ2) is 4.55. The smallest absolute Gasteiger partial charge is 0.0720 e. The van der Waals surface area contributed by atoms with Gasteiger partial charge in [-0.15, -0.1) is 0 Å². The molecule has 1 unspecified atom stereocenters. The molecule has 0 aromatic heterocycles. The molecule has 0 bridgehead atoms. The lowest BCUT2D eigenvalue weighted by Crippen LogP contribution is -2.57. The van der Waals surface area contributed by atoms with Gasteiger partial charge < -0.3 is 10.8 Å². The van der Waals surface area contributed by atoms with Crippen molar-refractivity contribution in [2.24, 2.45) is 16.6 Å². The second-order valence-electron chi connectivity index (χ2n) is 7.27. The molecule has 2 rings (SSSR count). The third kappa shape index (κ3) is 2.39. The minimum Gasteiger partial charge on any atom is -0.389 e. The zero-order chi connectivity index (χ0) is 12.6. The molecule has 0 radical (unpaired) electrons. The molecular weight excluding hydrogens is 210 g/mol. The van der Waals surface area contributed by atoms with E-state index in [0.717, 1.165) is 32.1 Å². The van der Waals surface area contributed by atoms with Crippen LogP contribution in [-0.4, -0.2) is 17.3 Å². The molecule has 0 spiro atoms. The Bertz CT molecular complexity index is 268. The van der Waals surface area contributed by atoms with Gasteiger partial charge in [0.05, 0.1) is 5.60 Å². The van der Waals surface area contributed by atoms with Gasteiger partial charge in [-0.05, 0) is 37.5 Å². The monoisotopic (exact) mass is 239 g/mol. The van der Waals surface area contributed by atoms with Crippen LogP contribution in [-0.2, 0) is 0 Å². The molecule has 0 aromatic rings. The predicted octanol–water partition coefficient (Wildman–Crippen LogP) is 3.23. The van der Waals surface area contributed by atoms with Gasteiger partial charge in [0.15, 0.2) is 0 Å². The summed E-state index contributed by atoms with van der Waals surface area (Å²) in [5, 5.41) is 11.2. The molecule has 0 aliphatic heterocycles. The lowest BCUT2D eigenvalue weighted by molar-refractivity contribution is -0.145. The molecule has 2 fully saturated rings. The summed E-state index contributed by atoms with van der Waals surface area (Å²) in [5.74, 6) is 0. The fraction of sp³-hybridized carbons (Fsp3) is 1.00. The normalized spacial score (nSPS) is 36.7. The highest BCUT2D eigenvalue weighted by Gasteiger charge is 2.52. The molecule has 2 aliphatic carbocycles. The first-order valence-electron chi connectivity index (χ1n) is 7.36.